The lowest BCUT2D eigenvalue weighted by Crippen LogP contribution is -1.98. The molecule has 0 aliphatic heterocycles. The van der Waals surface area contributed by atoms with Gasteiger partial charge in [0.25, 0.3) is 0 Å². The summed E-state index contributed by atoms with van der Waals surface area (Å²) < 4.78 is 10.7. The van der Waals surface area contributed by atoms with Crippen molar-refractivity contribution in [2.75, 3.05) is 6.61 Å². The molecule has 0 saturated carbocycles. The van der Waals surface area contributed by atoms with Gasteiger partial charge in [-0.15, -0.1) is 0 Å². The average molecular weight is 232 g/mol. The van der Waals surface area contributed by atoms with Crippen LogP contribution in [0.5, 0.6) is 5.75 Å². The predicted octanol–water partition coefficient (Wildman–Crippen LogP) is 2.51. The molecule has 0 bridgehead atoms. The minimum atomic E-state index is 0.428. The summed E-state index contributed by atoms with van der Waals surface area (Å²) in [4.78, 5) is 0. The Labute approximate surface area is 100 Å². The van der Waals surface area contributed by atoms with E-state index >= 15 is 0 Å². The number of rotatable bonds is 4. The van der Waals surface area contributed by atoms with Gasteiger partial charge < -0.3 is 15.0 Å². The Balaban J connectivity index is 2.33. The molecule has 4 nitrogen and oxygen atoms in total. The Morgan fingerprint density at radius 1 is 1.29 bits per heavy atom. The first-order valence-electron chi connectivity index (χ1n) is 5.64. The van der Waals surface area contributed by atoms with Crippen LogP contribution in [0.3, 0.4) is 0 Å². The number of aryl methyl sites for hydroxylation is 1. The molecule has 1 aromatic carbocycles. The average Bonchev–Trinajstić information content (AvgIpc) is 2.72. The zero-order chi connectivity index (χ0) is 12.3. The quantitative estimate of drug-likeness (QED) is 0.879. The standard InChI is InChI=1S/C13H16N2O2/c1-3-16-11-6-4-10(5-7-11)13-12(8-14)9(2)15-17-13/h4-7H,3,8,14H2,1-2H3. The third-order valence-corrected chi connectivity index (χ3v) is 2.62. The first kappa shape index (κ1) is 11.7. The van der Waals surface area contributed by atoms with Crippen molar-refractivity contribution in [1.82, 2.24) is 5.16 Å². The lowest BCUT2D eigenvalue weighted by atomic mass is 10.1. The van der Waals surface area contributed by atoms with Crippen molar-refractivity contribution in [3.05, 3.63) is 35.5 Å². The summed E-state index contributed by atoms with van der Waals surface area (Å²) in [5, 5.41) is 3.94. The van der Waals surface area contributed by atoms with E-state index < -0.39 is 0 Å². The van der Waals surface area contributed by atoms with Gasteiger partial charge >= 0.3 is 0 Å². The summed E-state index contributed by atoms with van der Waals surface area (Å²) >= 11 is 0. The SMILES string of the molecule is CCOc1ccc(-c2onc(C)c2CN)cc1. The molecule has 1 aromatic heterocycles. The molecular formula is C13H16N2O2. The third-order valence-electron chi connectivity index (χ3n) is 2.62. The number of benzene rings is 1. The van der Waals surface area contributed by atoms with E-state index in [0.717, 1.165) is 28.3 Å². The Bertz CT molecular complexity index is 489. The van der Waals surface area contributed by atoms with Crippen molar-refractivity contribution in [2.45, 2.75) is 20.4 Å². The zero-order valence-corrected chi connectivity index (χ0v) is 10.1. The van der Waals surface area contributed by atoms with E-state index in [0.29, 0.717) is 13.2 Å². The fourth-order valence-electron chi connectivity index (χ4n) is 1.73. The minimum absolute atomic E-state index is 0.428. The summed E-state index contributed by atoms with van der Waals surface area (Å²) in [6, 6.07) is 7.72. The maximum absolute atomic E-state index is 5.69. The van der Waals surface area contributed by atoms with Crippen LogP contribution in [0.15, 0.2) is 28.8 Å². The third kappa shape index (κ3) is 2.31. The summed E-state index contributed by atoms with van der Waals surface area (Å²) in [5.41, 5.74) is 8.45. The Morgan fingerprint density at radius 3 is 2.59 bits per heavy atom. The van der Waals surface area contributed by atoms with Gasteiger partial charge in [0.15, 0.2) is 5.76 Å². The topological polar surface area (TPSA) is 61.3 Å². The van der Waals surface area contributed by atoms with Crippen LogP contribution < -0.4 is 10.5 Å². The molecule has 17 heavy (non-hydrogen) atoms. The van der Waals surface area contributed by atoms with Crippen molar-refractivity contribution in [2.24, 2.45) is 5.73 Å². The number of aromatic nitrogens is 1. The van der Waals surface area contributed by atoms with E-state index in [1.807, 2.05) is 38.1 Å². The van der Waals surface area contributed by atoms with Crippen LogP contribution in [0.1, 0.15) is 18.2 Å². The normalized spacial score (nSPS) is 10.5. The molecule has 4 heteroatoms. The van der Waals surface area contributed by atoms with Gasteiger partial charge in [-0.05, 0) is 38.1 Å². The van der Waals surface area contributed by atoms with E-state index in [2.05, 4.69) is 5.16 Å². The molecule has 1 heterocycles. The zero-order valence-electron chi connectivity index (χ0n) is 10.1. The van der Waals surface area contributed by atoms with Crippen LogP contribution in [0.25, 0.3) is 11.3 Å². The molecule has 0 aliphatic rings. The molecule has 2 N–H and O–H groups in total. The van der Waals surface area contributed by atoms with Crippen LogP contribution in [-0.2, 0) is 6.54 Å². The molecule has 2 aromatic rings. The molecule has 0 amide bonds. The van der Waals surface area contributed by atoms with Gasteiger partial charge in [-0.3, -0.25) is 0 Å². The van der Waals surface area contributed by atoms with Gasteiger partial charge in [0.1, 0.15) is 5.75 Å². The molecule has 0 atom stereocenters. The lowest BCUT2D eigenvalue weighted by molar-refractivity contribution is 0.340. The molecule has 0 radical (unpaired) electrons. The number of hydrogen-bond donors (Lipinski definition) is 1. The number of hydrogen-bond acceptors (Lipinski definition) is 4. The second-order valence-electron chi connectivity index (χ2n) is 3.74. The summed E-state index contributed by atoms with van der Waals surface area (Å²) in [7, 11) is 0. The van der Waals surface area contributed by atoms with Crippen LogP contribution in [-0.4, -0.2) is 11.8 Å². The second kappa shape index (κ2) is 5.01. The first-order chi connectivity index (χ1) is 8.26. The van der Waals surface area contributed by atoms with Crippen LogP contribution in [0.2, 0.25) is 0 Å². The Hall–Kier alpha value is -1.81. The van der Waals surface area contributed by atoms with Crippen LogP contribution in [0, 0.1) is 6.92 Å². The van der Waals surface area contributed by atoms with E-state index in [9.17, 15) is 0 Å². The fraction of sp³-hybridized carbons (Fsp3) is 0.308. The molecular weight excluding hydrogens is 216 g/mol. The van der Waals surface area contributed by atoms with E-state index in [1.165, 1.54) is 0 Å². The molecule has 90 valence electrons. The number of ether oxygens (including phenoxy) is 1. The van der Waals surface area contributed by atoms with Crippen molar-refractivity contribution in [3.63, 3.8) is 0 Å². The highest BCUT2D eigenvalue weighted by Gasteiger charge is 2.13. The maximum Gasteiger partial charge on any atom is 0.171 e. The molecule has 0 aliphatic carbocycles. The van der Waals surface area contributed by atoms with Crippen molar-refractivity contribution >= 4 is 0 Å². The molecule has 0 spiro atoms. The van der Waals surface area contributed by atoms with Crippen LogP contribution in [0.4, 0.5) is 0 Å². The highest BCUT2D eigenvalue weighted by Crippen LogP contribution is 2.27. The summed E-state index contributed by atoms with van der Waals surface area (Å²) in [6.45, 7) is 4.94. The molecule has 0 saturated heterocycles. The second-order valence-corrected chi connectivity index (χ2v) is 3.74. The predicted molar refractivity (Wildman–Crippen MR) is 65.7 cm³/mol. The van der Waals surface area contributed by atoms with E-state index in [1.54, 1.807) is 0 Å². The van der Waals surface area contributed by atoms with Gasteiger partial charge in [0, 0.05) is 17.7 Å². The summed E-state index contributed by atoms with van der Waals surface area (Å²) in [5.74, 6) is 1.59. The monoisotopic (exact) mass is 232 g/mol. The number of nitrogens with zero attached hydrogens (tertiary/aromatic N) is 1. The summed E-state index contributed by atoms with van der Waals surface area (Å²) in [6.07, 6.45) is 0. The van der Waals surface area contributed by atoms with Gasteiger partial charge in [0.2, 0.25) is 0 Å². The van der Waals surface area contributed by atoms with Gasteiger partial charge in [-0.1, -0.05) is 5.16 Å². The first-order valence-corrected chi connectivity index (χ1v) is 5.64. The fourth-order valence-corrected chi connectivity index (χ4v) is 1.73. The van der Waals surface area contributed by atoms with Crippen molar-refractivity contribution in [1.29, 1.82) is 0 Å². The van der Waals surface area contributed by atoms with Gasteiger partial charge in [0.05, 0.1) is 12.3 Å². The highest BCUT2D eigenvalue weighted by atomic mass is 16.5. The lowest BCUT2D eigenvalue weighted by Gasteiger charge is -2.04. The smallest absolute Gasteiger partial charge is 0.171 e. The van der Waals surface area contributed by atoms with Crippen molar-refractivity contribution < 1.29 is 9.26 Å². The molecule has 0 fully saturated rings. The van der Waals surface area contributed by atoms with E-state index in [-0.39, 0.29) is 0 Å². The minimum Gasteiger partial charge on any atom is -0.494 e. The molecule has 2 rings (SSSR count). The Morgan fingerprint density at radius 2 is 2.00 bits per heavy atom. The van der Waals surface area contributed by atoms with Crippen molar-refractivity contribution in [3.8, 4) is 17.1 Å². The molecule has 0 unspecified atom stereocenters. The van der Waals surface area contributed by atoms with E-state index in [4.69, 9.17) is 15.0 Å². The maximum atomic E-state index is 5.69. The van der Waals surface area contributed by atoms with Gasteiger partial charge in [-0.25, -0.2) is 0 Å². The largest absolute Gasteiger partial charge is 0.494 e. The van der Waals surface area contributed by atoms with Gasteiger partial charge in [-0.2, -0.15) is 0 Å². The van der Waals surface area contributed by atoms with Crippen LogP contribution >= 0.6 is 0 Å². The Kier molecular flexibility index (Phi) is 3.44. The number of nitrogens with two attached hydrogens (primary N) is 1. The highest BCUT2D eigenvalue weighted by molar-refractivity contribution is 5.62.